The molecule has 8 nitrogen and oxygen atoms in total. The molecule has 1 aromatic heterocycles. The van der Waals surface area contributed by atoms with Crippen LogP contribution < -0.4 is 14.5 Å². The summed E-state index contributed by atoms with van der Waals surface area (Å²) in [5, 5.41) is 12.9. The summed E-state index contributed by atoms with van der Waals surface area (Å²) in [6, 6.07) is 4.72. The van der Waals surface area contributed by atoms with E-state index in [1.165, 1.54) is 17.9 Å². The number of ether oxygens (including phenoxy) is 1. The van der Waals surface area contributed by atoms with Crippen molar-refractivity contribution in [2.45, 2.75) is 77.8 Å². The van der Waals surface area contributed by atoms with Crippen molar-refractivity contribution in [3.05, 3.63) is 64.5 Å². The summed E-state index contributed by atoms with van der Waals surface area (Å²) < 4.78 is 130. The molecule has 0 amide bonds. The largest absolute Gasteiger partial charge is 0.573 e. The summed E-state index contributed by atoms with van der Waals surface area (Å²) in [6.45, 7) is 3.13. The summed E-state index contributed by atoms with van der Waals surface area (Å²) in [4.78, 5) is 18.3. The number of hydrogen-bond donors (Lipinski definition) is 1. The average molecular weight is 733 g/mol. The predicted octanol–water partition coefficient (Wildman–Crippen LogP) is 9.05. The van der Waals surface area contributed by atoms with Crippen LogP contribution in [0.15, 0.2) is 40.9 Å². The van der Waals surface area contributed by atoms with Crippen molar-refractivity contribution in [2.75, 3.05) is 22.9 Å². The highest BCUT2D eigenvalue weighted by atomic mass is 35.5. The molecule has 0 atom stereocenters. The smallest absolute Gasteiger partial charge is 0.481 e. The standard InChI is InChI=1S/C31H33F9N4O4.ClH/c1-3-43(15-20-6-4-19(5-7-20)12-27(45)46)26-9-8-25(47-31(38,39)40)13-22(26)17-44(28-41-18(2)48-42-28)16-21-10-23(29(32,33)34)14-24(11-21)30(35,36)37;/h8-11,13-14,19-20H,3-7,12,15-17H2,1-2H3,(H,45,46);1H/t19-,20-;. The maximum absolute atomic E-state index is 13.6. The van der Waals surface area contributed by atoms with Crippen LogP contribution in [0.5, 0.6) is 5.75 Å². The molecule has 0 unspecified atom stereocenters. The average Bonchev–Trinajstić information content (AvgIpc) is 3.41. The van der Waals surface area contributed by atoms with Gasteiger partial charge in [0.05, 0.1) is 11.1 Å². The summed E-state index contributed by atoms with van der Waals surface area (Å²) in [5.41, 5.74) is -2.83. The molecule has 4 rings (SSSR count). The van der Waals surface area contributed by atoms with Gasteiger partial charge in [0.2, 0.25) is 5.89 Å². The van der Waals surface area contributed by atoms with Crippen LogP contribution in [-0.2, 0) is 30.2 Å². The molecule has 1 saturated carbocycles. The van der Waals surface area contributed by atoms with Gasteiger partial charge in [0.25, 0.3) is 5.95 Å². The molecule has 18 heteroatoms. The Bertz CT molecular complexity index is 1520. The first-order valence-corrected chi connectivity index (χ1v) is 15.0. The first-order valence-electron chi connectivity index (χ1n) is 15.0. The molecular weight excluding hydrogens is 699 g/mol. The van der Waals surface area contributed by atoms with Crippen molar-refractivity contribution < 1.29 is 58.7 Å². The molecular formula is C31H34ClF9N4O4. The third kappa shape index (κ3) is 11.3. The SMILES string of the molecule is CCN(C[C@H]1CC[C@H](CC(=O)O)CC1)c1ccc(OC(F)(F)F)cc1CN(Cc1cc(C(F)(F)F)cc(C(F)(F)F)c1)c1noc(C)n1.Cl. The molecule has 0 spiro atoms. The van der Waals surface area contributed by atoms with E-state index in [9.17, 15) is 44.3 Å². The molecule has 3 aromatic rings. The lowest BCUT2D eigenvalue weighted by atomic mass is 9.80. The first kappa shape index (κ1) is 39.5. The van der Waals surface area contributed by atoms with E-state index in [4.69, 9.17) is 9.63 Å². The maximum Gasteiger partial charge on any atom is 0.573 e. The molecule has 0 aliphatic heterocycles. The first-order chi connectivity index (χ1) is 22.3. The summed E-state index contributed by atoms with van der Waals surface area (Å²) in [6.07, 6.45) is -12.3. The van der Waals surface area contributed by atoms with Gasteiger partial charge in [-0.2, -0.15) is 31.3 Å². The second-order valence-electron chi connectivity index (χ2n) is 11.7. The lowest BCUT2D eigenvalue weighted by Crippen LogP contribution is -2.33. The van der Waals surface area contributed by atoms with Gasteiger partial charge in [-0.05, 0) is 97.1 Å². The fourth-order valence-electron chi connectivity index (χ4n) is 5.92. The number of carboxylic acid groups (broad SMARTS) is 1. The third-order valence-electron chi connectivity index (χ3n) is 8.10. The van der Waals surface area contributed by atoms with E-state index < -0.39 is 53.7 Å². The zero-order valence-electron chi connectivity index (χ0n) is 26.3. The number of carbonyl (C=O) groups is 1. The zero-order chi connectivity index (χ0) is 35.4. The van der Waals surface area contributed by atoms with Crippen molar-refractivity contribution in [1.82, 2.24) is 10.1 Å². The Kier molecular flexibility index (Phi) is 12.7. The number of benzene rings is 2. The Labute approximate surface area is 281 Å². The number of anilines is 2. The highest BCUT2D eigenvalue weighted by Crippen LogP contribution is 2.38. The number of aryl methyl sites for hydroxylation is 1. The third-order valence-corrected chi connectivity index (χ3v) is 8.10. The Morgan fingerprint density at radius 2 is 1.49 bits per heavy atom. The maximum atomic E-state index is 13.6. The zero-order valence-corrected chi connectivity index (χ0v) is 27.1. The molecule has 272 valence electrons. The second-order valence-corrected chi connectivity index (χ2v) is 11.7. The van der Waals surface area contributed by atoms with Gasteiger partial charge in [-0.3, -0.25) is 4.79 Å². The topological polar surface area (TPSA) is 91.9 Å². The summed E-state index contributed by atoms with van der Waals surface area (Å²) >= 11 is 0. The minimum Gasteiger partial charge on any atom is -0.481 e. The molecule has 1 fully saturated rings. The van der Waals surface area contributed by atoms with Crippen LogP contribution in [-0.4, -0.2) is 40.7 Å². The number of aromatic nitrogens is 2. The van der Waals surface area contributed by atoms with Gasteiger partial charge in [0, 0.05) is 45.2 Å². The highest BCUT2D eigenvalue weighted by molar-refractivity contribution is 5.85. The molecule has 1 aliphatic rings. The van der Waals surface area contributed by atoms with E-state index in [0.29, 0.717) is 43.8 Å². The lowest BCUT2D eigenvalue weighted by molar-refractivity contribution is -0.274. The minimum atomic E-state index is -5.10. The van der Waals surface area contributed by atoms with Crippen molar-refractivity contribution in [3.8, 4) is 5.75 Å². The Hall–Kier alpha value is -3.89. The monoisotopic (exact) mass is 732 g/mol. The Morgan fingerprint density at radius 1 is 0.898 bits per heavy atom. The Balaban J connectivity index is 0.00000650. The van der Waals surface area contributed by atoms with Gasteiger partial charge in [-0.25, -0.2) is 0 Å². The number of nitrogens with zero attached hydrogens (tertiary/aromatic N) is 4. The van der Waals surface area contributed by atoms with E-state index in [2.05, 4.69) is 14.9 Å². The van der Waals surface area contributed by atoms with Crippen molar-refractivity contribution >= 4 is 30.0 Å². The van der Waals surface area contributed by atoms with Crippen LogP contribution >= 0.6 is 12.4 Å². The van der Waals surface area contributed by atoms with E-state index >= 15 is 0 Å². The highest BCUT2D eigenvalue weighted by Gasteiger charge is 2.37. The number of alkyl halides is 9. The van der Waals surface area contributed by atoms with Gasteiger partial charge in [0.15, 0.2) is 0 Å². The van der Waals surface area contributed by atoms with Crippen LogP contribution in [0, 0.1) is 18.8 Å². The van der Waals surface area contributed by atoms with Crippen LogP contribution in [0.2, 0.25) is 0 Å². The number of carboxylic acids is 1. The molecule has 1 N–H and O–H groups in total. The fraction of sp³-hybridized carbons (Fsp3) is 0.516. The van der Waals surface area contributed by atoms with E-state index in [1.807, 2.05) is 11.8 Å². The molecule has 49 heavy (non-hydrogen) atoms. The van der Waals surface area contributed by atoms with Crippen LogP contribution in [0.1, 0.15) is 67.2 Å². The normalized spacial score (nSPS) is 17.0. The van der Waals surface area contributed by atoms with Crippen molar-refractivity contribution in [1.29, 1.82) is 0 Å². The number of aliphatic carboxylic acids is 1. The van der Waals surface area contributed by atoms with Gasteiger partial charge in [-0.15, -0.1) is 25.6 Å². The van der Waals surface area contributed by atoms with Crippen LogP contribution in [0.25, 0.3) is 0 Å². The Morgan fingerprint density at radius 3 is 1.98 bits per heavy atom. The van der Waals surface area contributed by atoms with Gasteiger partial charge in [-0.1, -0.05) is 0 Å². The van der Waals surface area contributed by atoms with E-state index in [1.54, 1.807) is 0 Å². The molecule has 0 saturated heterocycles. The van der Waals surface area contributed by atoms with Crippen LogP contribution in [0.3, 0.4) is 0 Å². The number of rotatable bonds is 12. The summed E-state index contributed by atoms with van der Waals surface area (Å²) in [7, 11) is 0. The van der Waals surface area contributed by atoms with Crippen molar-refractivity contribution in [2.24, 2.45) is 11.8 Å². The molecule has 1 heterocycles. The minimum absolute atomic E-state index is 0. The van der Waals surface area contributed by atoms with E-state index in [-0.39, 0.29) is 60.7 Å². The van der Waals surface area contributed by atoms with Crippen LogP contribution in [0.4, 0.5) is 51.1 Å². The van der Waals surface area contributed by atoms with Gasteiger partial charge in [0.1, 0.15) is 5.75 Å². The second kappa shape index (κ2) is 15.8. The quantitative estimate of drug-likeness (QED) is 0.185. The molecule has 0 radical (unpaired) electrons. The molecule has 2 aromatic carbocycles. The number of halogens is 10. The summed E-state index contributed by atoms with van der Waals surface area (Å²) in [5.74, 6) is -1.47. The van der Waals surface area contributed by atoms with Crippen molar-refractivity contribution in [3.63, 3.8) is 0 Å². The van der Waals surface area contributed by atoms with Gasteiger partial charge >= 0.3 is 24.7 Å². The fourth-order valence-corrected chi connectivity index (χ4v) is 5.92. The lowest BCUT2D eigenvalue weighted by Gasteiger charge is -2.34. The van der Waals surface area contributed by atoms with Gasteiger partial charge < -0.3 is 24.2 Å². The molecule has 0 bridgehead atoms. The number of hydrogen-bond acceptors (Lipinski definition) is 7. The predicted molar refractivity (Wildman–Crippen MR) is 161 cm³/mol. The van der Waals surface area contributed by atoms with E-state index in [0.717, 1.165) is 25.0 Å². The molecule has 1 aliphatic carbocycles.